The quantitative estimate of drug-likeness (QED) is 0.688. The zero-order valence-corrected chi connectivity index (χ0v) is 12.0. The van der Waals surface area contributed by atoms with Crippen LogP contribution in [0.4, 0.5) is 0 Å². The summed E-state index contributed by atoms with van der Waals surface area (Å²) >= 11 is 0. The van der Waals surface area contributed by atoms with E-state index in [-0.39, 0.29) is 12.5 Å². The molecule has 0 bridgehead atoms. The lowest BCUT2D eigenvalue weighted by Crippen LogP contribution is -2.05. The maximum Gasteiger partial charge on any atom is 0.338 e. The first-order valence-corrected chi connectivity index (χ1v) is 6.81. The summed E-state index contributed by atoms with van der Waals surface area (Å²) in [7, 11) is 0. The van der Waals surface area contributed by atoms with Gasteiger partial charge < -0.3 is 9.15 Å². The van der Waals surface area contributed by atoms with Gasteiger partial charge in [-0.15, -0.1) is 10.2 Å². The summed E-state index contributed by atoms with van der Waals surface area (Å²) in [6, 6.07) is 17.5. The van der Waals surface area contributed by atoms with Crippen molar-refractivity contribution in [2.75, 3.05) is 0 Å². The molecule has 0 saturated carbocycles. The summed E-state index contributed by atoms with van der Waals surface area (Å²) in [6.07, 6.45) is 0. The highest BCUT2D eigenvalue weighted by atomic mass is 16.5. The fraction of sp³-hybridized carbons (Fsp3) is 0.0588. The topological polar surface area (TPSA) is 89.0 Å². The molecule has 6 nitrogen and oxygen atoms in total. The van der Waals surface area contributed by atoms with E-state index >= 15 is 0 Å². The van der Waals surface area contributed by atoms with E-state index in [0.29, 0.717) is 17.0 Å². The smallest absolute Gasteiger partial charge is 0.338 e. The first-order chi connectivity index (χ1) is 11.3. The molecule has 112 valence electrons. The van der Waals surface area contributed by atoms with Gasteiger partial charge in [0.2, 0.25) is 5.89 Å². The van der Waals surface area contributed by atoms with Crippen molar-refractivity contribution in [1.82, 2.24) is 10.2 Å². The second-order valence-corrected chi connectivity index (χ2v) is 4.63. The Labute approximate surface area is 132 Å². The highest BCUT2D eigenvalue weighted by molar-refractivity contribution is 5.89. The third-order valence-corrected chi connectivity index (χ3v) is 3.06. The Morgan fingerprint density at radius 2 is 1.83 bits per heavy atom. The second-order valence-electron chi connectivity index (χ2n) is 4.63. The van der Waals surface area contributed by atoms with Gasteiger partial charge in [0.05, 0.1) is 17.2 Å². The Hall–Kier alpha value is -3.46. The van der Waals surface area contributed by atoms with E-state index in [9.17, 15) is 4.79 Å². The van der Waals surface area contributed by atoms with Crippen molar-refractivity contribution >= 4 is 5.97 Å². The molecule has 0 aliphatic carbocycles. The number of rotatable bonds is 4. The summed E-state index contributed by atoms with van der Waals surface area (Å²) in [5.74, 6) is 0.0646. The van der Waals surface area contributed by atoms with Gasteiger partial charge in [0, 0.05) is 5.56 Å². The molecule has 0 N–H and O–H groups in total. The fourth-order valence-electron chi connectivity index (χ4n) is 1.90. The van der Waals surface area contributed by atoms with E-state index in [0.717, 1.165) is 5.56 Å². The minimum atomic E-state index is -0.519. The first kappa shape index (κ1) is 14.5. The second kappa shape index (κ2) is 6.54. The average Bonchev–Trinajstić information content (AvgIpc) is 3.09. The molecular formula is C17H11N3O3. The number of carbonyl (C=O) groups excluding carboxylic acids is 1. The van der Waals surface area contributed by atoms with Gasteiger partial charge in [-0.1, -0.05) is 18.2 Å². The van der Waals surface area contributed by atoms with E-state index in [1.807, 2.05) is 36.4 Å². The van der Waals surface area contributed by atoms with Crippen molar-refractivity contribution in [2.45, 2.75) is 6.61 Å². The van der Waals surface area contributed by atoms with Crippen LogP contribution in [0.5, 0.6) is 0 Å². The predicted molar refractivity (Wildman–Crippen MR) is 80.0 cm³/mol. The number of nitrogens with zero attached hydrogens (tertiary/aromatic N) is 3. The Bertz CT molecular complexity index is 849. The van der Waals surface area contributed by atoms with Gasteiger partial charge in [0.25, 0.3) is 5.89 Å². The molecule has 3 aromatic rings. The number of esters is 1. The van der Waals surface area contributed by atoms with Crippen molar-refractivity contribution in [1.29, 1.82) is 5.26 Å². The predicted octanol–water partition coefficient (Wildman–Crippen LogP) is 2.97. The molecule has 0 aliphatic rings. The number of aromatic nitrogens is 2. The molecule has 0 atom stereocenters. The zero-order valence-electron chi connectivity index (χ0n) is 12.0. The minimum absolute atomic E-state index is 0.112. The van der Waals surface area contributed by atoms with Crippen LogP contribution >= 0.6 is 0 Å². The Morgan fingerprint density at radius 1 is 1.09 bits per heavy atom. The van der Waals surface area contributed by atoms with Crippen LogP contribution in [0.15, 0.2) is 59.0 Å². The summed E-state index contributed by atoms with van der Waals surface area (Å²) in [5, 5.41) is 16.5. The monoisotopic (exact) mass is 305 g/mol. The molecule has 0 unspecified atom stereocenters. The molecule has 6 heteroatoms. The van der Waals surface area contributed by atoms with Crippen molar-refractivity contribution < 1.29 is 13.9 Å². The van der Waals surface area contributed by atoms with Gasteiger partial charge in [-0.25, -0.2) is 4.79 Å². The fourth-order valence-corrected chi connectivity index (χ4v) is 1.90. The van der Waals surface area contributed by atoms with Crippen LogP contribution < -0.4 is 0 Å². The van der Waals surface area contributed by atoms with Gasteiger partial charge in [-0.3, -0.25) is 0 Å². The van der Waals surface area contributed by atoms with Crippen LogP contribution in [-0.4, -0.2) is 16.2 Å². The van der Waals surface area contributed by atoms with Crippen LogP contribution in [0.3, 0.4) is 0 Å². The van der Waals surface area contributed by atoms with E-state index in [4.69, 9.17) is 14.4 Å². The molecular weight excluding hydrogens is 294 g/mol. The largest absolute Gasteiger partial charge is 0.452 e. The third kappa shape index (κ3) is 3.41. The number of benzene rings is 2. The van der Waals surface area contributed by atoms with E-state index in [1.165, 1.54) is 12.1 Å². The molecule has 1 heterocycles. The lowest BCUT2D eigenvalue weighted by molar-refractivity contribution is 0.0438. The summed E-state index contributed by atoms with van der Waals surface area (Å²) in [6.45, 7) is -0.112. The Kier molecular flexibility index (Phi) is 4.11. The molecule has 0 amide bonds. The summed E-state index contributed by atoms with van der Waals surface area (Å²) < 4.78 is 10.6. The third-order valence-electron chi connectivity index (χ3n) is 3.06. The van der Waals surface area contributed by atoms with E-state index in [2.05, 4.69) is 10.2 Å². The molecule has 3 rings (SSSR count). The molecule has 0 spiro atoms. The molecule has 2 aromatic carbocycles. The summed E-state index contributed by atoms with van der Waals surface area (Å²) in [5.41, 5.74) is 1.63. The van der Waals surface area contributed by atoms with Crippen molar-refractivity contribution in [3.05, 3.63) is 71.6 Å². The van der Waals surface area contributed by atoms with Gasteiger partial charge >= 0.3 is 5.97 Å². The van der Waals surface area contributed by atoms with Crippen molar-refractivity contribution in [3.63, 3.8) is 0 Å². The van der Waals surface area contributed by atoms with Crippen LogP contribution in [0, 0.1) is 11.3 Å². The van der Waals surface area contributed by atoms with Crippen LogP contribution in [0.25, 0.3) is 11.5 Å². The number of ether oxygens (including phenoxy) is 1. The van der Waals surface area contributed by atoms with Crippen molar-refractivity contribution in [2.24, 2.45) is 0 Å². The maximum atomic E-state index is 11.9. The van der Waals surface area contributed by atoms with Gasteiger partial charge in [-0.2, -0.15) is 5.26 Å². The summed E-state index contributed by atoms with van der Waals surface area (Å²) in [4.78, 5) is 11.9. The van der Waals surface area contributed by atoms with Crippen LogP contribution in [-0.2, 0) is 11.3 Å². The molecule has 0 radical (unpaired) electrons. The van der Waals surface area contributed by atoms with Crippen molar-refractivity contribution in [3.8, 4) is 17.5 Å². The highest BCUT2D eigenvalue weighted by Crippen LogP contribution is 2.17. The van der Waals surface area contributed by atoms with Gasteiger partial charge in [-0.05, 0) is 36.4 Å². The Balaban J connectivity index is 1.63. The SMILES string of the molecule is N#Cc1ccc(C(=O)OCc2nnc(-c3ccccc3)o2)cc1. The number of nitriles is 1. The van der Waals surface area contributed by atoms with Crippen LogP contribution in [0.2, 0.25) is 0 Å². The molecule has 1 aromatic heterocycles. The minimum Gasteiger partial charge on any atom is -0.452 e. The number of carbonyl (C=O) groups is 1. The normalized spacial score (nSPS) is 10.0. The molecule has 0 fully saturated rings. The number of hydrogen-bond donors (Lipinski definition) is 0. The molecule has 0 aliphatic heterocycles. The van der Waals surface area contributed by atoms with E-state index < -0.39 is 5.97 Å². The first-order valence-electron chi connectivity index (χ1n) is 6.81. The molecule has 0 saturated heterocycles. The lowest BCUT2D eigenvalue weighted by Gasteiger charge is -2.01. The zero-order chi connectivity index (χ0) is 16.1. The average molecular weight is 305 g/mol. The highest BCUT2D eigenvalue weighted by Gasteiger charge is 2.12. The molecule has 23 heavy (non-hydrogen) atoms. The van der Waals surface area contributed by atoms with E-state index in [1.54, 1.807) is 12.1 Å². The van der Waals surface area contributed by atoms with Gasteiger partial charge in [0.1, 0.15) is 0 Å². The van der Waals surface area contributed by atoms with Crippen LogP contribution in [0.1, 0.15) is 21.8 Å². The number of hydrogen-bond acceptors (Lipinski definition) is 6. The Morgan fingerprint density at radius 3 is 2.52 bits per heavy atom. The lowest BCUT2D eigenvalue weighted by atomic mass is 10.1. The standard InChI is InChI=1S/C17H11N3O3/c18-10-12-6-8-14(9-7-12)17(21)22-11-15-19-20-16(23-15)13-4-2-1-3-5-13/h1-9H,11H2. The maximum absolute atomic E-state index is 11.9. The van der Waals surface area contributed by atoms with Gasteiger partial charge in [0.15, 0.2) is 6.61 Å².